The number of para-hydroxylation sites is 1. The monoisotopic (exact) mass is 302 g/mol. The average molecular weight is 303 g/mol. The Hall–Kier alpha value is -1.55. The molecule has 0 saturated heterocycles. The molecule has 4 heteroatoms. The van der Waals surface area contributed by atoms with E-state index in [1.807, 2.05) is 36.4 Å². The van der Waals surface area contributed by atoms with Crippen LogP contribution >= 0.6 is 11.6 Å². The quantitative estimate of drug-likeness (QED) is 0.667. The lowest BCUT2D eigenvalue weighted by atomic mass is 9.86. The fraction of sp³-hybridized carbons (Fsp3) is 0.294. The van der Waals surface area contributed by atoms with Crippen LogP contribution in [-0.2, 0) is 0 Å². The molecule has 0 fully saturated rings. The van der Waals surface area contributed by atoms with Gasteiger partial charge in [-0.25, -0.2) is 0 Å². The van der Waals surface area contributed by atoms with E-state index in [0.29, 0.717) is 5.92 Å². The fourth-order valence-electron chi connectivity index (χ4n) is 2.99. The number of hydrazine groups is 1. The molecule has 2 atom stereocenters. The Morgan fingerprint density at radius 3 is 2.76 bits per heavy atom. The minimum absolute atomic E-state index is 0.0369. The Bertz CT molecular complexity index is 617. The predicted molar refractivity (Wildman–Crippen MR) is 85.4 cm³/mol. The van der Waals surface area contributed by atoms with Gasteiger partial charge >= 0.3 is 0 Å². The van der Waals surface area contributed by atoms with Crippen LogP contribution in [0.2, 0.25) is 5.02 Å². The summed E-state index contributed by atoms with van der Waals surface area (Å²) in [4.78, 5) is 0. The highest BCUT2D eigenvalue weighted by molar-refractivity contribution is 6.31. The molecular weight excluding hydrogens is 284 g/mol. The summed E-state index contributed by atoms with van der Waals surface area (Å²) in [5.41, 5.74) is 5.22. The zero-order valence-electron chi connectivity index (χ0n) is 11.8. The summed E-state index contributed by atoms with van der Waals surface area (Å²) in [5.74, 6) is 7.18. The first-order valence-electron chi connectivity index (χ1n) is 7.22. The van der Waals surface area contributed by atoms with Crippen LogP contribution in [0.4, 0.5) is 0 Å². The van der Waals surface area contributed by atoms with E-state index in [9.17, 15) is 0 Å². The van der Waals surface area contributed by atoms with Gasteiger partial charge < -0.3 is 4.74 Å². The molecule has 1 heterocycles. The molecule has 2 unspecified atom stereocenters. The number of hydrogen-bond donors (Lipinski definition) is 2. The smallest absolute Gasteiger partial charge is 0.122 e. The maximum absolute atomic E-state index is 6.30. The zero-order chi connectivity index (χ0) is 14.7. The van der Waals surface area contributed by atoms with Gasteiger partial charge in [0.2, 0.25) is 0 Å². The zero-order valence-corrected chi connectivity index (χ0v) is 12.5. The SMILES string of the molecule is NNC(CC1CCOc2ccccc21)c1ccccc1Cl. The molecule has 0 aromatic heterocycles. The number of ether oxygens (including phenoxy) is 1. The van der Waals surface area contributed by atoms with E-state index < -0.39 is 0 Å². The Balaban J connectivity index is 1.84. The average Bonchev–Trinajstić information content (AvgIpc) is 2.53. The normalized spacial score (nSPS) is 18.7. The summed E-state index contributed by atoms with van der Waals surface area (Å²) < 4.78 is 5.72. The first-order valence-corrected chi connectivity index (χ1v) is 7.59. The molecule has 2 aromatic rings. The molecule has 0 amide bonds. The van der Waals surface area contributed by atoms with Gasteiger partial charge in [-0.05, 0) is 42.0 Å². The molecule has 0 spiro atoms. The second-order valence-electron chi connectivity index (χ2n) is 5.35. The van der Waals surface area contributed by atoms with Gasteiger partial charge in [-0.15, -0.1) is 0 Å². The molecule has 3 N–H and O–H groups in total. The summed E-state index contributed by atoms with van der Waals surface area (Å²) in [7, 11) is 0. The number of hydrogen-bond acceptors (Lipinski definition) is 3. The third kappa shape index (κ3) is 3.05. The van der Waals surface area contributed by atoms with Crippen LogP contribution < -0.4 is 16.0 Å². The number of nitrogens with one attached hydrogen (secondary N) is 1. The van der Waals surface area contributed by atoms with Crippen molar-refractivity contribution in [2.24, 2.45) is 5.84 Å². The van der Waals surface area contributed by atoms with Gasteiger partial charge in [-0.2, -0.15) is 0 Å². The van der Waals surface area contributed by atoms with Crippen molar-refractivity contribution in [1.29, 1.82) is 0 Å². The minimum Gasteiger partial charge on any atom is -0.493 e. The molecule has 3 nitrogen and oxygen atoms in total. The Kier molecular flexibility index (Phi) is 4.44. The number of rotatable bonds is 4. The van der Waals surface area contributed by atoms with Gasteiger partial charge in [0.25, 0.3) is 0 Å². The van der Waals surface area contributed by atoms with Gasteiger partial charge in [0, 0.05) is 11.1 Å². The molecule has 21 heavy (non-hydrogen) atoms. The summed E-state index contributed by atoms with van der Waals surface area (Å²) in [5, 5.41) is 0.751. The van der Waals surface area contributed by atoms with Crippen LogP contribution in [-0.4, -0.2) is 6.61 Å². The first-order chi connectivity index (χ1) is 10.3. The van der Waals surface area contributed by atoms with Crippen molar-refractivity contribution in [1.82, 2.24) is 5.43 Å². The van der Waals surface area contributed by atoms with Crippen molar-refractivity contribution in [2.45, 2.75) is 24.8 Å². The van der Waals surface area contributed by atoms with Crippen molar-refractivity contribution in [3.8, 4) is 5.75 Å². The van der Waals surface area contributed by atoms with Crippen LogP contribution in [0.1, 0.15) is 35.9 Å². The van der Waals surface area contributed by atoms with Crippen LogP contribution in [0.25, 0.3) is 0 Å². The Morgan fingerprint density at radius 1 is 1.19 bits per heavy atom. The van der Waals surface area contributed by atoms with Gasteiger partial charge in [-0.1, -0.05) is 48.0 Å². The predicted octanol–water partition coefficient (Wildman–Crippen LogP) is 3.80. The van der Waals surface area contributed by atoms with Crippen LogP contribution in [0.5, 0.6) is 5.75 Å². The summed E-state index contributed by atoms with van der Waals surface area (Å²) >= 11 is 6.30. The van der Waals surface area contributed by atoms with Crippen molar-refractivity contribution in [2.75, 3.05) is 6.61 Å². The molecule has 0 saturated carbocycles. The van der Waals surface area contributed by atoms with E-state index in [1.54, 1.807) is 0 Å². The van der Waals surface area contributed by atoms with Gasteiger partial charge in [0.1, 0.15) is 5.75 Å². The second-order valence-corrected chi connectivity index (χ2v) is 5.76. The molecule has 2 aromatic carbocycles. The molecule has 110 valence electrons. The molecule has 3 rings (SSSR count). The van der Waals surface area contributed by atoms with Crippen molar-refractivity contribution in [3.63, 3.8) is 0 Å². The third-order valence-electron chi connectivity index (χ3n) is 4.08. The molecule has 0 bridgehead atoms. The third-order valence-corrected chi connectivity index (χ3v) is 4.43. The van der Waals surface area contributed by atoms with E-state index in [1.165, 1.54) is 5.56 Å². The van der Waals surface area contributed by atoms with E-state index in [2.05, 4.69) is 17.6 Å². The van der Waals surface area contributed by atoms with Gasteiger partial charge in [0.05, 0.1) is 6.61 Å². The minimum atomic E-state index is 0.0369. The molecule has 1 aliphatic rings. The Labute approximate surface area is 130 Å². The van der Waals surface area contributed by atoms with E-state index in [0.717, 1.165) is 35.8 Å². The maximum Gasteiger partial charge on any atom is 0.122 e. The lowest BCUT2D eigenvalue weighted by Gasteiger charge is -2.29. The van der Waals surface area contributed by atoms with Crippen molar-refractivity contribution < 1.29 is 4.74 Å². The van der Waals surface area contributed by atoms with Crippen LogP contribution in [0.3, 0.4) is 0 Å². The van der Waals surface area contributed by atoms with Gasteiger partial charge in [0.15, 0.2) is 0 Å². The van der Waals surface area contributed by atoms with E-state index >= 15 is 0 Å². The van der Waals surface area contributed by atoms with Crippen molar-refractivity contribution >= 4 is 11.6 Å². The summed E-state index contributed by atoms with van der Waals surface area (Å²) in [6.45, 7) is 0.751. The van der Waals surface area contributed by atoms with Crippen LogP contribution in [0, 0.1) is 0 Å². The summed E-state index contributed by atoms with van der Waals surface area (Å²) in [6.07, 6.45) is 1.90. The number of nitrogens with two attached hydrogens (primary N) is 1. The second kappa shape index (κ2) is 6.48. The highest BCUT2D eigenvalue weighted by Crippen LogP contribution is 2.39. The molecular formula is C17H19ClN2O. The molecule has 1 aliphatic heterocycles. The lowest BCUT2D eigenvalue weighted by Crippen LogP contribution is -2.30. The van der Waals surface area contributed by atoms with Crippen LogP contribution in [0.15, 0.2) is 48.5 Å². The lowest BCUT2D eigenvalue weighted by molar-refractivity contribution is 0.255. The highest BCUT2D eigenvalue weighted by atomic mass is 35.5. The standard InChI is InChI=1S/C17H19ClN2O/c18-15-7-3-1-6-14(15)16(20-19)11-12-9-10-21-17-8-4-2-5-13(12)17/h1-8,12,16,20H,9-11,19H2. The number of fused-ring (bicyclic) bond motifs is 1. The highest BCUT2D eigenvalue weighted by Gasteiger charge is 2.25. The van der Waals surface area contributed by atoms with E-state index in [-0.39, 0.29) is 6.04 Å². The molecule has 0 radical (unpaired) electrons. The van der Waals surface area contributed by atoms with Gasteiger partial charge in [-0.3, -0.25) is 11.3 Å². The maximum atomic E-state index is 6.30. The fourth-order valence-corrected chi connectivity index (χ4v) is 3.26. The number of halogens is 1. The largest absolute Gasteiger partial charge is 0.493 e. The topological polar surface area (TPSA) is 47.3 Å². The number of benzene rings is 2. The first kappa shape index (κ1) is 14.4. The van der Waals surface area contributed by atoms with Crippen molar-refractivity contribution in [3.05, 3.63) is 64.7 Å². The summed E-state index contributed by atoms with van der Waals surface area (Å²) in [6, 6.07) is 16.1. The molecule has 0 aliphatic carbocycles. The Morgan fingerprint density at radius 2 is 1.95 bits per heavy atom. The van der Waals surface area contributed by atoms with E-state index in [4.69, 9.17) is 22.2 Å².